The molecule has 0 bridgehead atoms. The van der Waals surface area contributed by atoms with E-state index in [0.29, 0.717) is 5.69 Å². The summed E-state index contributed by atoms with van der Waals surface area (Å²) in [6.45, 7) is 0.749. The van der Waals surface area contributed by atoms with E-state index in [1.54, 1.807) is 6.20 Å². The fourth-order valence-corrected chi connectivity index (χ4v) is 2.14. The van der Waals surface area contributed by atoms with E-state index in [4.69, 9.17) is 5.73 Å². The van der Waals surface area contributed by atoms with Crippen LogP contribution in [0.15, 0.2) is 60.8 Å². The van der Waals surface area contributed by atoms with Crippen molar-refractivity contribution in [3.63, 3.8) is 0 Å². The SMILES string of the molecule is Nc1cnc2ccccc2c1NCc1ccccc1. The minimum Gasteiger partial charge on any atom is -0.396 e. The summed E-state index contributed by atoms with van der Waals surface area (Å²) in [6.07, 6.45) is 1.70. The zero-order valence-corrected chi connectivity index (χ0v) is 10.5. The molecule has 3 aromatic rings. The van der Waals surface area contributed by atoms with Gasteiger partial charge in [0.05, 0.1) is 23.1 Å². The molecule has 3 N–H and O–H groups in total. The van der Waals surface area contributed by atoms with Gasteiger partial charge in [-0.05, 0) is 11.6 Å². The third-order valence-electron chi connectivity index (χ3n) is 3.12. The quantitative estimate of drug-likeness (QED) is 0.747. The molecular weight excluding hydrogens is 234 g/mol. The average molecular weight is 249 g/mol. The highest BCUT2D eigenvalue weighted by Crippen LogP contribution is 2.27. The number of para-hydroxylation sites is 1. The smallest absolute Gasteiger partial charge is 0.0743 e. The van der Waals surface area contributed by atoms with Crippen molar-refractivity contribution in [1.82, 2.24) is 4.98 Å². The fraction of sp³-hybridized carbons (Fsp3) is 0.0625. The molecule has 0 aliphatic carbocycles. The van der Waals surface area contributed by atoms with Crippen LogP contribution in [0.3, 0.4) is 0 Å². The lowest BCUT2D eigenvalue weighted by molar-refractivity contribution is 1.15. The second-order valence-corrected chi connectivity index (χ2v) is 4.44. The zero-order chi connectivity index (χ0) is 13.1. The molecule has 0 radical (unpaired) electrons. The van der Waals surface area contributed by atoms with Crippen LogP contribution in [0, 0.1) is 0 Å². The molecule has 0 aliphatic rings. The Kier molecular flexibility index (Phi) is 3.02. The zero-order valence-electron chi connectivity index (χ0n) is 10.5. The molecule has 0 amide bonds. The van der Waals surface area contributed by atoms with E-state index in [1.165, 1.54) is 5.56 Å². The molecular formula is C16H15N3. The molecule has 0 unspecified atom stereocenters. The summed E-state index contributed by atoms with van der Waals surface area (Å²) in [4.78, 5) is 4.33. The highest BCUT2D eigenvalue weighted by atomic mass is 14.9. The summed E-state index contributed by atoms with van der Waals surface area (Å²) in [6, 6.07) is 18.3. The molecule has 0 aliphatic heterocycles. The first-order valence-corrected chi connectivity index (χ1v) is 6.25. The van der Waals surface area contributed by atoms with Crippen molar-refractivity contribution in [3.8, 4) is 0 Å². The summed E-state index contributed by atoms with van der Waals surface area (Å²) in [7, 11) is 0. The summed E-state index contributed by atoms with van der Waals surface area (Å²) in [5.41, 5.74) is 9.83. The molecule has 2 aromatic carbocycles. The number of nitrogens with zero attached hydrogens (tertiary/aromatic N) is 1. The van der Waals surface area contributed by atoms with E-state index in [1.807, 2.05) is 42.5 Å². The van der Waals surface area contributed by atoms with E-state index in [2.05, 4.69) is 22.4 Å². The first kappa shape index (κ1) is 11.5. The van der Waals surface area contributed by atoms with Gasteiger partial charge in [-0.25, -0.2) is 0 Å². The predicted molar refractivity (Wildman–Crippen MR) is 79.9 cm³/mol. The Morgan fingerprint density at radius 3 is 2.53 bits per heavy atom. The van der Waals surface area contributed by atoms with Crippen LogP contribution in [-0.2, 0) is 6.54 Å². The first-order chi connectivity index (χ1) is 9.34. The number of benzene rings is 2. The van der Waals surface area contributed by atoms with Gasteiger partial charge in [0.1, 0.15) is 0 Å². The maximum absolute atomic E-state index is 6.03. The molecule has 0 spiro atoms. The topological polar surface area (TPSA) is 50.9 Å². The number of nitrogens with two attached hydrogens (primary N) is 1. The Morgan fingerprint density at radius 2 is 1.68 bits per heavy atom. The largest absolute Gasteiger partial charge is 0.396 e. The second kappa shape index (κ2) is 4.98. The van der Waals surface area contributed by atoms with E-state index >= 15 is 0 Å². The molecule has 1 heterocycles. The molecule has 1 aromatic heterocycles. The Morgan fingerprint density at radius 1 is 0.947 bits per heavy atom. The van der Waals surface area contributed by atoms with Gasteiger partial charge in [-0.15, -0.1) is 0 Å². The Hall–Kier alpha value is -2.55. The van der Waals surface area contributed by atoms with Crippen molar-refractivity contribution in [2.24, 2.45) is 0 Å². The normalized spacial score (nSPS) is 10.5. The standard InChI is InChI=1S/C16H15N3/c17-14-11-18-15-9-5-4-8-13(15)16(14)19-10-12-6-2-1-3-7-12/h1-9,11H,10,17H2,(H,18,19). The number of aromatic nitrogens is 1. The van der Waals surface area contributed by atoms with E-state index in [-0.39, 0.29) is 0 Å². The third kappa shape index (κ3) is 2.36. The second-order valence-electron chi connectivity index (χ2n) is 4.44. The maximum Gasteiger partial charge on any atom is 0.0743 e. The van der Waals surface area contributed by atoms with Gasteiger partial charge in [0.2, 0.25) is 0 Å². The molecule has 3 nitrogen and oxygen atoms in total. The molecule has 0 fully saturated rings. The Bertz CT molecular complexity index is 693. The van der Waals surface area contributed by atoms with Gasteiger partial charge < -0.3 is 11.1 Å². The lowest BCUT2D eigenvalue weighted by Crippen LogP contribution is -2.03. The number of fused-ring (bicyclic) bond motifs is 1. The lowest BCUT2D eigenvalue weighted by atomic mass is 10.1. The van der Waals surface area contributed by atoms with E-state index < -0.39 is 0 Å². The third-order valence-corrected chi connectivity index (χ3v) is 3.12. The monoisotopic (exact) mass is 249 g/mol. The van der Waals surface area contributed by atoms with Gasteiger partial charge in [-0.2, -0.15) is 0 Å². The van der Waals surface area contributed by atoms with Crippen molar-refractivity contribution in [2.75, 3.05) is 11.1 Å². The van der Waals surface area contributed by atoms with E-state index in [0.717, 1.165) is 23.1 Å². The van der Waals surface area contributed by atoms with Crippen molar-refractivity contribution >= 4 is 22.3 Å². The van der Waals surface area contributed by atoms with Crippen LogP contribution in [0.5, 0.6) is 0 Å². The Balaban J connectivity index is 1.94. The van der Waals surface area contributed by atoms with Crippen LogP contribution in [0.4, 0.5) is 11.4 Å². The van der Waals surface area contributed by atoms with Crippen molar-refractivity contribution < 1.29 is 0 Å². The molecule has 94 valence electrons. The minimum atomic E-state index is 0.676. The molecule has 3 heteroatoms. The Labute approximate surface area is 112 Å². The van der Waals surface area contributed by atoms with Gasteiger partial charge in [-0.3, -0.25) is 4.98 Å². The summed E-state index contributed by atoms with van der Waals surface area (Å²) < 4.78 is 0. The molecule has 0 saturated heterocycles. The van der Waals surface area contributed by atoms with Gasteiger partial charge in [0.25, 0.3) is 0 Å². The number of hydrogen-bond donors (Lipinski definition) is 2. The molecule has 3 rings (SSSR count). The van der Waals surface area contributed by atoms with Crippen LogP contribution in [0.2, 0.25) is 0 Å². The van der Waals surface area contributed by atoms with E-state index in [9.17, 15) is 0 Å². The van der Waals surface area contributed by atoms with Crippen LogP contribution in [0.1, 0.15) is 5.56 Å². The average Bonchev–Trinajstić information content (AvgIpc) is 2.47. The fourth-order valence-electron chi connectivity index (χ4n) is 2.14. The number of nitrogens with one attached hydrogen (secondary N) is 1. The highest BCUT2D eigenvalue weighted by Gasteiger charge is 2.05. The number of nitrogen functional groups attached to an aromatic ring is 1. The predicted octanol–water partition coefficient (Wildman–Crippen LogP) is 3.43. The van der Waals surface area contributed by atoms with Gasteiger partial charge in [-0.1, -0.05) is 48.5 Å². The van der Waals surface area contributed by atoms with Crippen molar-refractivity contribution in [1.29, 1.82) is 0 Å². The van der Waals surface area contributed by atoms with Crippen LogP contribution < -0.4 is 11.1 Å². The van der Waals surface area contributed by atoms with Gasteiger partial charge >= 0.3 is 0 Å². The minimum absolute atomic E-state index is 0.676. The number of pyridine rings is 1. The number of rotatable bonds is 3. The summed E-state index contributed by atoms with van der Waals surface area (Å²) in [5.74, 6) is 0. The van der Waals surface area contributed by atoms with Crippen molar-refractivity contribution in [3.05, 3.63) is 66.4 Å². The maximum atomic E-state index is 6.03. The van der Waals surface area contributed by atoms with Crippen LogP contribution >= 0.6 is 0 Å². The lowest BCUT2D eigenvalue weighted by Gasteiger charge is -2.12. The van der Waals surface area contributed by atoms with Crippen molar-refractivity contribution in [2.45, 2.75) is 6.54 Å². The number of hydrogen-bond acceptors (Lipinski definition) is 3. The number of anilines is 2. The molecule has 0 atom stereocenters. The van der Waals surface area contributed by atoms with Gasteiger partial charge in [0, 0.05) is 11.9 Å². The molecule has 19 heavy (non-hydrogen) atoms. The van der Waals surface area contributed by atoms with Crippen LogP contribution in [0.25, 0.3) is 10.9 Å². The van der Waals surface area contributed by atoms with Crippen LogP contribution in [-0.4, -0.2) is 4.98 Å². The summed E-state index contributed by atoms with van der Waals surface area (Å²) in [5, 5.41) is 4.46. The molecule has 0 saturated carbocycles. The van der Waals surface area contributed by atoms with Gasteiger partial charge in [0.15, 0.2) is 0 Å². The highest BCUT2D eigenvalue weighted by molar-refractivity contribution is 5.96. The summed E-state index contributed by atoms with van der Waals surface area (Å²) >= 11 is 0. The first-order valence-electron chi connectivity index (χ1n) is 6.25.